The number of ether oxygens (including phenoxy) is 1. The molecule has 1 aliphatic heterocycles. The van der Waals surface area contributed by atoms with Gasteiger partial charge in [0.2, 0.25) is 0 Å². The molecule has 2 amide bonds. The lowest BCUT2D eigenvalue weighted by Crippen LogP contribution is -2.39. The van der Waals surface area contributed by atoms with Crippen molar-refractivity contribution in [3.8, 4) is 5.75 Å². The van der Waals surface area contributed by atoms with Gasteiger partial charge in [-0.1, -0.05) is 25.1 Å². The summed E-state index contributed by atoms with van der Waals surface area (Å²) in [5.74, 6) is 0.869. The molecule has 0 saturated carbocycles. The highest BCUT2D eigenvalue weighted by atomic mass is 16.5. The van der Waals surface area contributed by atoms with Crippen LogP contribution in [0, 0.1) is 5.92 Å². The fourth-order valence-corrected chi connectivity index (χ4v) is 3.47. The number of rotatable bonds is 5. The van der Waals surface area contributed by atoms with E-state index in [1.54, 1.807) is 30.3 Å². The number of hydrogen-bond donors (Lipinski definition) is 1. The average Bonchev–Trinajstić information content (AvgIpc) is 2.68. The SMILES string of the molecule is CC1CCCN(C(=O)c2cccc(C(=O)Nc3ccccc3OC(C)C)c2)C1. The van der Waals surface area contributed by atoms with Gasteiger partial charge in [0.25, 0.3) is 11.8 Å². The minimum atomic E-state index is -0.263. The van der Waals surface area contributed by atoms with Crippen molar-refractivity contribution in [3.63, 3.8) is 0 Å². The minimum absolute atomic E-state index is 0.00550. The van der Waals surface area contributed by atoms with Gasteiger partial charge < -0.3 is 15.0 Å². The molecular weight excluding hydrogens is 352 g/mol. The minimum Gasteiger partial charge on any atom is -0.489 e. The van der Waals surface area contributed by atoms with Gasteiger partial charge in [-0.25, -0.2) is 0 Å². The number of likely N-dealkylation sites (tertiary alicyclic amines) is 1. The molecule has 0 radical (unpaired) electrons. The molecule has 148 valence electrons. The smallest absolute Gasteiger partial charge is 0.255 e. The summed E-state index contributed by atoms with van der Waals surface area (Å²) in [5.41, 5.74) is 1.62. The Labute approximate surface area is 166 Å². The molecule has 0 bridgehead atoms. The van der Waals surface area contributed by atoms with E-state index in [-0.39, 0.29) is 17.9 Å². The summed E-state index contributed by atoms with van der Waals surface area (Å²) in [5, 5.41) is 2.90. The first kappa shape index (κ1) is 19.9. The number of nitrogens with zero attached hydrogens (tertiary/aromatic N) is 1. The number of carbonyl (C=O) groups excluding carboxylic acids is 2. The zero-order chi connectivity index (χ0) is 20.1. The number of amides is 2. The highest BCUT2D eigenvalue weighted by Crippen LogP contribution is 2.25. The lowest BCUT2D eigenvalue weighted by Gasteiger charge is -2.31. The summed E-state index contributed by atoms with van der Waals surface area (Å²) >= 11 is 0. The Morgan fingerprint density at radius 3 is 2.61 bits per heavy atom. The zero-order valence-electron chi connectivity index (χ0n) is 16.8. The molecule has 0 aliphatic carbocycles. The summed E-state index contributed by atoms with van der Waals surface area (Å²) in [6.07, 6.45) is 2.19. The lowest BCUT2D eigenvalue weighted by atomic mass is 9.99. The van der Waals surface area contributed by atoms with Gasteiger partial charge in [-0.2, -0.15) is 0 Å². The van der Waals surface area contributed by atoms with Crippen molar-refractivity contribution in [1.29, 1.82) is 0 Å². The van der Waals surface area contributed by atoms with Crippen molar-refractivity contribution >= 4 is 17.5 Å². The first-order chi connectivity index (χ1) is 13.4. The molecule has 28 heavy (non-hydrogen) atoms. The van der Waals surface area contributed by atoms with Crippen LogP contribution in [0.3, 0.4) is 0 Å². The lowest BCUT2D eigenvalue weighted by molar-refractivity contribution is 0.0683. The molecule has 1 heterocycles. The van der Waals surface area contributed by atoms with Crippen LogP contribution in [0.25, 0.3) is 0 Å². The maximum Gasteiger partial charge on any atom is 0.255 e. The number of piperidine rings is 1. The maximum absolute atomic E-state index is 12.8. The van der Waals surface area contributed by atoms with Crippen LogP contribution in [0.5, 0.6) is 5.75 Å². The van der Waals surface area contributed by atoms with E-state index in [9.17, 15) is 9.59 Å². The fourth-order valence-electron chi connectivity index (χ4n) is 3.47. The molecule has 2 aromatic rings. The number of hydrogen-bond acceptors (Lipinski definition) is 3. The van der Waals surface area contributed by atoms with Crippen LogP contribution in [0.15, 0.2) is 48.5 Å². The van der Waals surface area contributed by atoms with Crippen LogP contribution in [-0.4, -0.2) is 35.9 Å². The molecule has 1 aliphatic rings. The van der Waals surface area contributed by atoms with Crippen LogP contribution in [0.2, 0.25) is 0 Å². The van der Waals surface area contributed by atoms with Gasteiger partial charge in [0.15, 0.2) is 0 Å². The Morgan fingerprint density at radius 1 is 1.11 bits per heavy atom. The van der Waals surface area contributed by atoms with Crippen LogP contribution < -0.4 is 10.1 Å². The van der Waals surface area contributed by atoms with Crippen molar-refractivity contribution in [2.45, 2.75) is 39.7 Å². The Kier molecular flexibility index (Phi) is 6.34. The number of nitrogens with one attached hydrogen (secondary N) is 1. The van der Waals surface area contributed by atoms with Crippen molar-refractivity contribution in [3.05, 3.63) is 59.7 Å². The molecule has 1 unspecified atom stereocenters. The van der Waals surface area contributed by atoms with Crippen LogP contribution >= 0.6 is 0 Å². The van der Waals surface area contributed by atoms with E-state index in [0.29, 0.717) is 28.5 Å². The first-order valence-corrected chi connectivity index (χ1v) is 9.90. The van der Waals surface area contributed by atoms with Crippen molar-refractivity contribution in [1.82, 2.24) is 4.90 Å². The quantitative estimate of drug-likeness (QED) is 0.825. The number of anilines is 1. The Morgan fingerprint density at radius 2 is 1.86 bits per heavy atom. The molecule has 3 rings (SSSR count). The standard InChI is InChI=1S/C23H28N2O3/c1-16(2)28-21-12-5-4-11-20(21)24-22(26)18-9-6-10-19(14-18)23(27)25-13-7-8-17(3)15-25/h4-6,9-12,14,16-17H,7-8,13,15H2,1-3H3,(H,24,26). The number of benzene rings is 2. The Balaban J connectivity index is 1.75. The van der Waals surface area contributed by atoms with Crippen molar-refractivity contribution in [2.24, 2.45) is 5.92 Å². The molecule has 1 N–H and O–H groups in total. The summed E-state index contributed by atoms with van der Waals surface area (Å²) < 4.78 is 5.76. The van der Waals surface area contributed by atoms with E-state index >= 15 is 0 Å². The van der Waals surface area contributed by atoms with Gasteiger partial charge in [-0.15, -0.1) is 0 Å². The van der Waals surface area contributed by atoms with Gasteiger partial charge in [-0.3, -0.25) is 9.59 Å². The third-order valence-corrected chi connectivity index (χ3v) is 4.81. The Hall–Kier alpha value is -2.82. The van der Waals surface area contributed by atoms with E-state index in [4.69, 9.17) is 4.74 Å². The molecule has 1 saturated heterocycles. The number of para-hydroxylation sites is 2. The van der Waals surface area contributed by atoms with Gasteiger partial charge in [0.05, 0.1) is 11.8 Å². The molecule has 5 heteroatoms. The summed E-state index contributed by atoms with van der Waals surface area (Å²) in [4.78, 5) is 27.5. The second-order valence-electron chi connectivity index (χ2n) is 7.70. The summed E-state index contributed by atoms with van der Waals surface area (Å²) in [6, 6.07) is 14.3. The topological polar surface area (TPSA) is 58.6 Å². The Bertz CT molecular complexity index is 847. The largest absolute Gasteiger partial charge is 0.489 e. The van der Waals surface area contributed by atoms with Gasteiger partial charge in [-0.05, 0) is 62.9 Å². The molecule has 1 atom stereocenters. The highest BCUT2D eigenvalue weighted by Gasteiger charge is 2.22. The molecule has 0 aromatic heterocycles. The van der Waals surface area contributed by atoms with Gasteiger partial charge in [0.1, 0.15) is 5.75 Å². The number of carbonyl (C=O) groups is 2. The van der Waals surface area contributed by atoms with Crippen molar-refractivity contribution < 1.29 is 14.3 Å². The fraction of sp³-hybridized carbons (Fsp3) is 0.391. The van der Waals surface area contributed by atoms with E-state index in [2.05, 4.69) is 12.2 Å². The van der Waals surface area contributed by atoms with Crippen LogP contribution in [0.4, 0.5) is 5.69 Å². The highest BCUT2D eigenvalue weighted by molar-refractivity contribution is 6.06. The molecular formula is C23H28N2O3. The van der Waals surface area contributed by atoms with Crippen LogP contribution in [0.1, 0.15) is 54.3 Å². The van der Waals surface area contributed by atoms with E-state index in [0.717, 1.165) is 25.9 Å². The van der Waals surface area contributed by atoms with E-state index in [1.165, 1.54) is 0 Å². The third kappa shape index (κ3) is 4.91. The normalized spacial score (nSPS) is 16.7. The van der Waals surface area contributed by atoms with E-state index in [1.807, 2.05) is 36.9 Å². The predicted molar refractivity (Wildman–Crippen MR) is 111 cm³/mol. The predicted octanol–water partition coefficient (Wildman–Crippen LogP) is 4.60. The third-order valence-electron chi connectivity index (χ3n) is 4.81. The van der Waals surface area contributed by atoms with E-state index < -0.39 is 0 Å². The van der Waals surface area contributed by atoms with Crippen LogP contribution in [-0.2, 0) is 0 Å². The molecule has 0 spiro atoms. The van der Waals surface area contributed by atoms with Gasteiger partial charge in [0, 0.05) is 24.2 Å². The zero-order valence-corrected chi connectivity index (χ0v) is 16.8. The molecule has 2 aromatic carbocycles. The summed E-state index contributed by atoms with van der Waals surface area (Å²) in [6.45, 7) is 7.60. The molecule has 5 nitrogen and oxygen atoms in total. The van der Waals surface area contributed by atoms with Gasteiger partial charge >= 0.3 is 0 Å². The monoisotopic (exact) mass is 380 g/mol. The second-order valence-corrected chi connectivity index (χ2v) is 7.70. The second kappa shape index (κ2) is 8.91. The summed E-state index contributed by atoms with van der Waals surface area (Å²) in [7, 11) is 0. The average molecular weight is 380 g/mol. The van der Waals surface area contributed by atoms with Crippen molar-refractivity contribution in [2.75, 3.05) is 18.4 Å². The molecule has 1 fully saturated rings. The maximum atomic E-state index is 12.8. The first-order valence-electron chi connectivity index (χ1n) is 9.90.